The standard InChI is InChI=1S/C15H18Cl2N4O2S/c1-20-14(21-5-7-22-8-6-21)18-19-15(20)24-10-9-23-13-11(16)3-2-4-12(13)17/h2-4H,5-10H2,1H3. The number of anilines is 1. The van der Waals surface area contributed by atoms with Crippen LogP contribution < -0.4 is 9.64 Å². The summed E-state index contributed by atoms with van der Waals surface area (Å²) in [5.41, 5.74) is 0. The summed E-state index contributed by atoms with van der Waals surface area (Å²) in [5, 5.41) is 10.4. The third-order valence-corrected chi connectivity index (χ3v) is 5.17. The van der Waals surface area contributed by atoms with E-state index in [4.69, 9.17) is 32.7 Å². The first-order chi connectivity index (χ1) is 11.7. The van der Waals surface area contributed by atoms with Gasteiger partial charge in [0.2, 0.25) is 5.95 Å². The molecule has 0 amide bonds. The zero-order valence-corrected chi connectivity index (χ0v) is 15.6. The smallest absolute Gasteiger partial charge is 0.227 e. The number of hydrogen-bond donors (Lipinski definition) is 0. The number of benzene rings is 1. The number of halogens is 2. The molecule has 1 aliphatic rings. The highest BCUT2D eigenvalue weighted by Gasteiger charge is 2.18. The van der Waals surface area contributed by atoms with Gasteiger partial charge in [0.15, 0.2) is 10.9 Å². The molecule has 9 heteroatoms. The minimum atomic E-state index is 0.480. The molecule has 2 aromatic rings. The minimum Gasteiger partial charge on any atom is -0.490 e. The van der Waals surface area contributed by atoms with Gasteiger partial charge in [-0.15, -0.1) is 10.2 Å². The lowest BCUT2D eigenvalue weighted by atomic mass is 10.3. The van der Waals surface area contributed by atoms with Crippen molar-refractivity contribution < 1.29 is 9.47 Å². The monoisotopic (exact) mass is 388 g/mol. The van der Waals surface area contributed by atoms with E-state index in [0.717, 1.165) is 43.2 Å². The molecule has 1 fully saturated rings. The van der Waals surface area contributed by atoms with Gasteiger partial charge in [0.1, 0.15) is 0 Å². The lowest BCUT2D eigenvalue weighted by molar-refractivity contribution is 0.121. The van der Waals surface area contributed by atoms with Gasteiger partial charge in [0.05, 0.1) is 29.9 Å². The number of hydrogen-bond acceptors (Lipinski definition) is 6. The highest BCUT2D eigenvalue weighted by Crippen LogP contribution is 2.32. The lowest BCUT2D eigenvalue weighted by Crippen LogP contribution is -2.37. The average molecular weight is 389 g/mol. The summed E-state index contributed by atoms with van der Waals surface area (Å²) in [6, 6.07) is 5.30. The zero-order valence-electron chi connectivity index (χ0n) is 13.2. The fraction of sp³-hybridized carbons (Fsp3) is 0.467. The second-order valence-electron chi connectivity index (χ2n) is 5.19. The molecule has 0 N–H and O–H groups in total. The Labute approximate surface area is 155 Å². The van der Waals surface area contributed by atoms with Crippen LogP contribution in [0.3, 0.4) is 0 Å². The number of morpholine rings is 1. The number of rotatable bonds is 6. The van der Waals surface area contributed by atoms with Crippen molar-refractivity contribution in [2.75, 3.05) is 43.6 Å². The first kappa shape index (κ1) is 17.7. The van der Waals surface area contributed by atoms with Crippen LogP contribution in [0.15, 0.2) is 23.4 Å². The number of thioether (sulfide) groups is 1. The minimum absolute atomic E-state index is 0.480. The van der Waals surface area contributed by atoms with Crippen LogP contribution in [-0.2, 0) is 11.8 Å². The van der Waals surface area contributed by atoms with E-state index in [1.165, 1.54) is 0 Å². The van der Waals surface area contributed by atoms with Gasteiger partial charge in [0, 0.05) is 25.9 Å². The Bertz CT molecular complexity index is 672. The first-order valence-corrected chi connectivity index (χ1v) is 9.32. The molecular formula is C15H18Cl2N4O2S. The van der Waals surface area contributed by atoms with Gasteiger partial charge < -0.3 is 14.4 Å². The van der Waals surface area contributed by atoms with E-state index in [-0.39, 0.29) is 0 Å². The fourth-order valence-corrected chi connectivity index (χ4v) is 3.60. The molecule has 0 aliphatic carbocycles. The third kappa shape index (κ3) is 4.08. The Kier molecular flexibility index (Phi) is 6.10. The number of aromatic nitrogens is 3. The maximum atomic E-state index is 6.08. The van der Waals surface area contributed by atoms with Crippen LogP contribution in [-0.4, -0.2) is 53.4 Å². The van der Waals surface area contributed by atoms with Crippen LogP contribution in [0.25, 0.3) is 0 Å². The molecule has 1 aromatic heterocycles. The van der Waals surface area contributed by atoms with Crippen molar-refractivity contribution in [2.45, 2.75) is 5.16 Å². The van der Waals surface area contributed by atoms with Crippen molar-refractivity contribution in [3.05, 3.63) is 28.2 Å². The summed E-state index contributed by atoms with van der Waals surface area (Å²) in [6.07, 6.45) is 0. The van der Waals surface area contributed by atoms with Crippen LogP contribution in [0.1, 0.15) is 0 Å². The Hall–Kier alpha value is -1.15. The second kappa shape index (κ2) is 8.29. The molecule has 6 nitrogen and oxygen atoms in total. The van der Waals surface area contributed by atoms with E-state index in [9.17, 15) is 0 Å². The van der Waals surface area contributed by atoms with Gasteiger partial charge in [-0.25, -0.2) is 0 Å². The summed E-state index contributed by atoms with van der Waals surface area (Å²) >= 11 is 13.7. The number of nitrogens with zero attached hydrogens (tertiary/aromatic N) is 4. The van der Waals surface area contributed by atoms with Crippen LogP contribution in [0.5, 0.6) is 5.75 Å². The molecule has 1 aromatic carbocycles. The molecule has 130 valence electrons. The van der Waals surface area contributed by atoms with Crippen molar-refractivity contribution in [3.8, 4) is 5.75 Å². The van der Waals surface area contributed by atoms with Crippen molar-refractivity contribution in [2.24, 2.45) is 7.05 Å². The second-order valence-corrected chi connectivity index (χ2v) is 7.07. The molecule has 1 saturated heterocycles. The summed E-state index contributed by atoms with van der Waals surface area (Å²) in [5.74, 6) is 2.11. The predicted octanol–water partition coefficient (Wildman–Crippen LogP) is 3.13. The Morgan fingerprint density at radius 1 is 1.21 bits per heavy atom. The van der Waals surface area contributed by atoms with Gasteiger partial charge >= 0.3 is 0 Å². The maximum Gasteiger partial charge on any atom is 0.227 e. The van der Waals surface area contributed by atoms with E-state index in [2.05, 4.69) is 15.1 Å². The average Bonchev–Trinajstić information content (AvgIpc) is 2.95. The van der Waals surface area contributed by atoms with Gasteiger partial charge in [-0.1, -0.05) is 41.0 Å². The third-order valence-electron chi connectivity index (χ3n) is 3.59. The normalized spacial score (nSPS) is 14.9. The summed E-state index contributed by atoms with van der Waals surface area (Å²) in [7, 11) is 1.97. The zero-order chi connectivity index (χ0) is 16.9. The molecule has 24 heavy (non-hydrogen) atoms. The Balaban J connectivity index is 1.53. The summed E-state index contributed by atoms with van der Waals surface area (Å²) < 4.78 is 13.0. The highest BCUT2D eigenvalue weighted by molar-refractivity contribution is 7.99. The Morgan fingerprint density at radius 2 is 1.92 bits per heavy atom. The molecule has 0 spiro atoms. The molecule has 1 aliphatic heterocycles. The number of ether oxygens (including phenoxy) is 2. The van der Waals surface area contributed by atoms with Gasteiger partial charge in [-0.3, -0.25) is 4.57 Å². The van der Waals surface area contributed by atoms with Crippen molar-refractivity contribution in [1.29, 1.82) is 0 Å². The van der Waals surface area contributed by atoms with E-state index in [1.807, 2.05) is 11.6 Å². The largest absolute Gasteiger partial charge is 0.490 e. The summed E-state index contributed by atoms with van der Waals surface area (Å²) in [6.45, 7) is 3.60. The van der Waals surface area contributed by atoms with E-state index >= 15 is 0 Å². The Morgan fingerprint density at radius 3 is 2.62 bits per heavy atom. The van der Waals surface area contributed by atoms with Gasteiger partial charge in [-0.2, -0.15) is 0 Å². The van der Waals surface area contributed by atoms with E-state index in [1.54, 1.807) is 30.0 Å². The molecular weight excluding hydrogens is 371 g/mol. The number of para-hydroxylation sites is 1. The lowest BCUT2D eigenvalue weighted by Gasteiger charge is -2.27. The molecule has 0 atom stereocenters. The molecule has 0 radical (unpaired) electrons. The van der Waals surface area contributed by atoms with E-state index in [0.29, 0.717) is 22.4 Å². The molecule has 2 heterocycles. The van der Waals surface area contributed by atoms with Gasteiger partial charge in [-0.05, 0) is 12.1 Å². The highest BCUT2D eigenvalue weighted by atomic mass is 35.5. The molecule has 0 unspecified atom stereocenters. The SMILES string of the molecule is Cn1c(SCCOc2c(Cl)cccc2Cl)nnc1N1CCOCC1. The van der Waals surface area contributed by atoms with E-state index < -0.39 is 0 Å². The van der Waals surface area contributed by atoms with Crippen LogP contribution >= 0.6 is 35.0 Å². The van der Waals surface area contributed by atoms with Crippen LogP contribution in [0.2, 0.25) is 10.0 Å². The van der Waals surface area contributed by atoms with Crippen molar-refractivity contribution >= 4 is 40.9 Å². The van der Waals surface area contributed by atoms with Crippen molar-refractivity contribution in [1.82, 2.24) is 14.8 Å². The summed E-state index contributed by atoms with van der Waals surface area (Å²) in [4.78, 5) is 2.18. The quantitative estimate of drug-likeness (QED) is 0.559. The predicted molar refractivity (Wildman–Crippen MR) is 96.7 cm³/mol. The fourth-order valence-electron chi connectivity index (χ4n) is 2.37. The molecule has 3 rings (SSSR count). The maximum absolute atomic E-state index is 6.08. The molecule has 0 saturated carbocycles. The first-order valence-electron chi connectivity index (χ1n) is 7.58. The van der Waals surface area contributed by atoms with Crippen LogP contribution in [0, 0.1) is 0 Å². The van der Waals surface area contributed by atoms with Crippen LogP contribution in [0.4, 0.5) is 5.95 Å². The topological polar surface area (TPSA) is 52.4 Å². The molecule has 0 bridgehead atoms. The van der Waals surface area contributed by atoms with Gasteiger partial charge in [0.25, 0.3) is 0 Å². The van der Waals surface area contributed by atoms with Crippen molar-refractivity contribution in [3.63, 3.8) is 0 Å².